The third-order valence-corrected chi connectivity index (χ3v) is 3.13. The predicted molar refractivity (Wildman–Crippen MR) is 71.5 cm³/mol. The summed E-state index contributed by atoms with van der Waals surface area (Å²) in [6, 6.07) is 0. The topological polar surface area (TPSA) is 44.1 Å². The standard InChI is InChI=1S/C14H24N2O2/c1-4-7-8-12(5-2)10-16-11-13(9-15-16)14(17)18-6-3/h9,11-12H,4-8,10H2,1-3H3. The highest BCUT2D eigenvalue weighted by atomic mass is 16.5. The number of ether oxygens (including phenoxy) is 1. The van der Waals surface area contributed by atoms with Gasteiger partial charge in [0.05, 0.1) is 18.4 Å². The van der Waals surface area contributed by atoms with Gasteiger partial charge in [-0.2, -0.15) is 5.10 Å². The Morgan fingerprint density at radius 1 is 1.44 bits per heavy atom. The zero-order chi connectivity index (χ0) is 13.4. The van der Waals surface area contributed by atoms with Crippen LogP contribution in [-0.4, -0.2) is 22.4 Å². The Morgan fingerprint density at radius 2 is 2.22 bits per heavy atom. The second-order valence-corrected chi connectivity index (χ2v) is 4.59. The lowest BCUT2D eigenvalue weighted by molar-refractivity contribution is 0.0526. The van der Waals surface area contributed by atoms with Crippen molar-refractivity contribution in [2.45, 2.75) is 53.0 Å². The monoisotopic (exact) mass is 252 g/mol. The van der Waals surface area contributed by atoms with Gasteiger partial charge in [-0.1, -0.05) is 33.1 Å². The van der Waals surface area contributed by atoms with Crippen molar-refractivity contribution in [3.8, 4) is 0 Å². The van der Waals surface area contributed by atoms with Crippen molar-refractivity contribution in [2.24, 2.45) is 5.92 Å². The summed E-state index contributed by atoms with van der Waals surface area (Å²) < 4.78 is 6.80. The van der Waals surface area contributed by atoms with E-state index in [2.05, 4.69) is 18.9 Å². The van der Waals surface area contributed by atoms with Crippen LogP contribution in [-0.2, 0) is 11.3 Å². The molecule has 1 aromatic rings. The lowest BCUT2D eigenvalue weighted by Gasteiger charge is -2.13. The summed E-state index contributed by atoms with van der Waals surface area (Å²) in [7, 11) is 0. The smallest absolute Gasteiger partial charge is 0.341 e. The maximum atomic E-state index is 11.5. The molecule has 0 saturated carbocycles. The lowest BCUT2D eigenvalue weighted by Crippen LogP contribution is -2.10. The van der Waals surface area contributed by atoms with Gasteiger partial charge in [-0.25, -0.2) is 4.79 Å². The van der Waals surface area contributed by atoms with Crippen LogP contribution in [0.2, 0.25) is 0 Å². The van der Waals surface area contributed by atoms with Crippen molar-refractivity contribution in [1.82, 2.24) is 9.78 Å². The molecule has 1 aromatic heterocycles. The minimum absolute atomic E-state index is 0.287. The second kappa shape index (κ2) is 7.90. The molecule has 1 rings (SSSR count). The molecule has 0 radical (unpaired) electrons. The van der Waals surface area contributed by atoms with Crippen molar-refractivity contribution in [1.29, 1.82) is 0 Å². The fourth-order valence-corrected chi connectivity index (χ4v) is 1.97. The Hall–Kier alpha value is -1.32. The molecule has 1 unspecified atom stereocenters. The average Bonchev–Trinajstić information content (AvgIpc) is 2.83. The van der Waals surface area contributed by atoms with Crippen LogP contribution in [0, 0.1) is 5.92 Å². The first-order valence-corrected chi connectivity index (χ1v) is 6.90. The van der Waals surface area contributed by atoms with E-state index in [0.717, 1.165) is 13.0 Å². The molecule has 0 aliphatic rings. The van der Waals surface area contributed by atoms with Crippen molar-refractivity contribution in [2.75, 3.05) is 6.61 Å². The third-order valence-electron chi connectivity index (χ3n) is 3.13. The van der Waals surface area contributed by atoms with E-state index in [9.17, 15) is 4.79 Å². The first-order chi connectivity index (χ1) is 8.71. The molecule has 1 heterocycles. The summed E-state index contributed by atoms with van der Waals surface area (Å²) in [4.78, 5) is 11.5. The number of nitrogens with zero attached hydrogens (tertiary/aromatic N) is 2. The van der Waals surface area contributed by atoms with Crippen LogP contribution < -0.4 is 0 Å². The maximum absolute atomic E-state index is 11.5. The van der Waals surface area contributed by atoms with Crippen molar-refractivity contribution in [3.63, 3.8) is 0 Å². The Kier molecular flexibility index (Phi) is 6.47. The summed E-state index contributed by atoms with van der Waals surface area (Å²) in [5.41, 5.74) is 0.544. The first-order valence-electron chi connectivity index (χ1n) is 6.90. The van der Waals surface area contributed by atoms with Crippen LogP contribution in [0.1, 0.15) is 56.8 Å². The molecule has 4 heteroatoms. The number of esters is 1. The van der Waals surface area contributed by atoms with Gasteiger partial charge in [-0.15, -0.1) is 0 Å². The average molecular weight is 252 g/mol. The van der Waals surface area contributed by atoms with Gasteiger partial charge in [0.2, 0.25) is 0 Å². The lowest BCUT2D eigenvalue weighted by atomic mass is 9.99. The van der Waals surface area contributed by atoms with Crippen LogP contribution in [0.4, 0.5) is 0 Å². The molecule has 0 aliphatic heterocycles. The van der Waals surface area contributed by atoms with Gasteiger partial charge < -0.3 is 4.74 Å². The van der Waals surface area contributed by atoms with Crippen LogP contribution in [0.3, 0.4) is 0 Å². The fourth-order valence-electron chi connectivity index (χ4n) is 1.97. The molecule has 0 bridgehead atoms. The van der Waals surface area contributed by atoms with E-state index >= 15 is 0 Å². The minimum atomic E-state index is -0.287. The van der Waals surface area contributed by atoms with Crippen LogP contribution in [0.5, 0.6) is 0 Å². The summed E-state index contributed by atoms with van der Waals surface area (Å²) in [6.45, 7) is 7.50. The molecular formula is C14H24N2O2. The molecule has 0 N–H and O–H groups in total. The molecule has 0 saturated heterocycles. The van der Waals surface area contributed by atoms with Gasteiger partial charge in [0.15, 0.2) is 0 Å². The number of aromatic nitrogens is 2. The summed E-state index contributed by atoms with van der Waals surface area (Å²) in [5.74, 6) is 0.352. The third kappa shape index (κ3) is 4.51. The van der Waals surface area contributed by atoms with Crippen molar-refractivity contribution < 1.29 is 9.53 Å². The number of carbonyl (C=O) groups is 1. The first kappa shape index (κ1) is 14.7. The number of carbonyl (C=O) groups excluding carboxylic acids is 1. The molecule has 0 amide bonds. The molecule has 18 heavy (non-hydrogen) atoms. The van der Waals surface area contributed by atoms with E-state index in [1.54, 1.807) is 19.3 Å². The van der Waals surface area contributed by atoms with E-state index < -0.39 is 0 Å². The Morgan fingerprint density at radius 3 is 2.83 bits per heavy atom. The number of rotatable bonds is 8. The van der Waals surface area contributed by atoms with Gasteiger partial charge in [0.25, 0.3) is 0 Å². The van der Waals surface area contributed by atoms with Gasteiger partial charge in [-0.05, 0) is 19.3 Å². The molecular weight excluding hydrogens is 228 g/mol. The zero-order valence-corrected chi connectivity index (χ0v) is 11.7. The molecule has 4 nitrogen and oxygen atoms in total. The highest BCUT2D eigenvalue weighted by molar-refractivity contribution is 5.88. The number of unbranched alkanes of at least 4 members (excludes halogenated alkanes) is 1. The molecule has 0 aliphatic carbocycles. The van der Waals surface area contributed by atoms with Crippen LogP contribution in [0.25, 0.3) is 0 Å². The Bertz CT molecular complexity index is 360. The molecule has 0 fully saturated rings. The normalized spacial score (nSPS) is 12.4. The van der Waals surface area contributed by atoms with Gasteiger partial charge in [0.1, 0.15) is 0 Å². The van der Waals surface area contributed by atoms with E-state index in [4.69, 9.17) is 4.74 Å². The van der Waals surface area contributed by atoms with Gasteiger partial charge >= 0.3 is 5.97 Å². The van der Waals surface area contributed by atoms with Crippen LogP contribution in [0.15, 0.2) is 12.4 Å². The predicted octanol–water partition coefficient (Wildman–Crippen LogP) is 3.28. The van der Waals surface area contributed by atoms with Crippen molar-refractivity contribution >= 4 is 5.97 Å². The minimum Gasteiger partial charge on any atom is -0.462 e. The van der Waals surface area contributed by atoms with Gasteiger partial charge in [0, 0.05) is 12.7 Å². The Balaban J connectivity index is 2.54. The quantitative estimate of drug-likeness (QED) is 0.667. The van der Waals surface area contributed by atoms with E-state index in [1.165, 1.54) is 19.3 Å². The summed E-state index contributed by atoms with van der Waals surface area (Å²) in [6.07, 6.45) is 8.22. The molecule has 0 spiro atoms. The Labute approximate surface area is 109 Å². The maximum Gasteiger partial charge on any atom is 0.341 e. The number of hydrogen-bond acceptors (Lipinski definition) is 3. The van der Waals surface area contributed by atoms with E-state index in [-0.39, 0.29) is 5.97 Å². The fraction of sp³-hybridized carbons (Fsp3) is 0.714. The molecule has 0 aromatic carbocycles. The highest BCUT2D eigenvalue weighted by Crippen LogP contribution is 2.15. The van der Waals surface area contributed by atoms with Gasteiger partial charge in [-0.3, -0.25) is 4.68 Å². The molecule has 102 valence electrons. The van der Waals surface area contributed by atoms with Crippen LogP contribution >= 0.6 is 0 Å². The number of hydrogen-bond donors (Lipinski definition) is 0. The van der Waals surface area contributed by atoms with E-state index in [1.807, 2.05) is 4.68 Å². The summed E-state index contributed by atoms with van der Waals surface area (Å²) in [5, 5.41) is 4.23. The van der Waals surface area contributed by atoms with Crippen molar-refractivity contribution in [3.05, 3.63) is 18.0 Å². The molecule has 1 atom stereocenters. The highest BCUT2D eigenvalue weighted by Gasteiger charge is 2.12. The SMILES string of the molecule is CCCCC(CC)Cn1cc(C(=O)OCC)cn1. The largest absolute Gasteiger partial charge is 0.462 e. The van der Waals surface area contributed by atoms with E-state index in [0.29, 0.717) is 18.1 Å². The zero-order valence-electron chi connectivity index (χ0n) is 11.7. The summed E-state index contributed by atoms with van der Waals surface area (Å²) >= 11 is 0. The second-order valence-electron chi connectivity index (χ2n) is 4.59.